The number of nitrogens with two attached hydrogens (primary N) is 1. The van der Waals surface area contributed by atoms with E-state index in [4.69, 9.17) is 5.73 Å². The fourth-order valence-corrected chi connectivity index (χ4v) is 3.07. The predicted octanol–water partition coefficient (Wildman–Crippen LogP) is 3.43. The Hall–Kier alpha value is -1.03. The average molecular weight is 311 g/mol. The topological polar surface area (TPSA) is 46.3 Å². The lowest BCUT2D eigenvalue weighted by molar-refractivity contribution is 0.0512. The van der Waals surface area contributed by atoms with E-state index >= 15 is 0 Å². The van der Waals surface area contributed by atoms with Gasteiger partial charge in [0.2, 0.25) is 0 Å². The summed E-state index contributed by atoms with van der Waals surface area (Å²) >= 11 is 3.36. The van der Waals surface area contributed by atoms with Gasteiger partial charge in [-0.05, 0) is 51.3 Å². The van der Waals surface area contributed by atoms with Gasteiger partial charge in [0.1, 0.15) is 0 Å². The van der Waals surface area contributed by atoms with Crippen LogP contribution in [0, 0.1) is 0 Å². The number of amides is 1. The number of rotatable bonds is 1. The normalized spacial score (nSPS) is 24.1. The van der Waals surface area contributed by atoms with Crippen molar-refractivity contribution in [1.82, 2.24) is 4.90 Å². The van der Waals surface area contributed by atoms with Crippen molar-refractivity contribution in [3.63, 3.8) is 0 Å². The van der Waals surface area contributed by atoms with Gasteiger partial charge in [0.25, 0.3) is 5.91 Å². The zero-order valence-electron chi connectivity index (χ0n) is 10.8. The number of likely N-dealkylation sites (tertiary alicyclic amines) is 1. The molecule has 1 heterocycles. The summed E-state index contributed by atoms with van der Waals surface area (Å²) in [6, 6.07) is 6.04. The molecule has 1 fully saturated rings. The van der Waals surface area contributed by atoms with Crippen molar-refractivity contribution in [3.8, 4) is 0 Å². The van der Waals surface area contributed by atoms with Crippen LogP contribution in [0.5, 0.6) is 0 Å². The van der Waals surface area contributed by atoms with E-state index in [0.29, 0.717) is 23.3 Å². The van der Waals surface area contributed by atoms with Gasteiger partial charge in [-0.25, -0.2) is 0 Å². The van der Waals surface area contributed by atoms with Crippen molar-refractivity contribution < 1.29 is 4.79 Å². The number of carbonyl (C=O) groups excluding carboxylic acids is 1. The van der Waals surface area contributed by atoms with Crippen LogP contribution in [0.25, 0.3) is 0 Å². The molecule has 98 valence electrons. The third-order valence-corrected chi connectivity index (χ3v) is 4.17. The highest BCUT2D eigenvalue weighted by atomic mass is 79.9. The highest BCUT2D eigenvalue weighted by molar-refractivity contribution is 9.10. The fourth-order valence-electron chi connectivity index (χ4n) is 2.69. The maximum absolute atomic E-state index is 12.6. The molecule has 1 aliphatic rings. The minimum atomic E-state index is 0.0553. The van der Waals surface area contributed by atoms with E-state index < -0.39 is 0 Å². The molecule has 1 aromatic carbocycles. The molecule has 4 heteroatoms. The molecule has 2 N–H and O–H groups in total. The number of hydrogen-bond acceptors (Lipinski definition) is 2. The molecule has 0 radical (unpaired) electrons. The molecule has 2 unspecified atom stereocenters. The minimum absolute atomic E-state index is 0.0553. The summed E-state index contributed by atoms with van der Waals surface area (Å²) in [4.78, 5) is 14.6. The number of anilines is 1. The summed E-state index contributed by atoms with van der Waals surface area (Å²) in [7, 11) is 0. The van der Waals surface area contributed by atoms with Crippen LogP contribution in [-0.2, 0) is 0 Å². The zero-order valence-corrected chi connectivity index (χ0v) is 12.4. The van der Waals surface area contributed by atoms with Crippen molar-refractivity contribution in [1.29, 1.82) is 0 Å². The van der Waals surface area contributed by atoms with Crippen LogP contribution in [-0.4, -0.2) is 22.9 Å². The molecule has 18 heavy (non-hydrogen) atoms. The second-order valence-corrected chi connectivity index (χ2v) is 5.99. The number of nitrogen functional groups attached to an aromatic ring is 1. The molecule has 1 amide bonds. The van der Waals surface area contributed by atoms with Gasteiger partial charge in [0.15, 0.2) is 0 Å². The number of benzene rings is 1. The van der Waals surface area contributed by atoms with Crippen LogP contribution in [0.1, 0.15) is 43.5 Å². The van der Waals surface area contributed by atoms with Crippen LogP contribution in [0.3, 0.4) is 0 Å². The Morgan fingerprint density at radius 2 is 1.94 bits per heavy atom. The van der Waals surface area contributed by atoms with Gasteiger partial charge in [-0.3, -0.25) is 4.79 Å². The first kappa shape index (κ1) is 13.4. The largest absolute Gasteiger partial charge is 0.398 e. The molecule has 0 bridgehead atoms. The summed E-state index contributed by atoms with van der Waals surface area (Å²) in [5.74, 6) is 0.0553. The molecule has 0 aromatic heterocycles. The molecular weight excluding hydrogens is 292 g/mol. The van der Waals surface area contributed by atoms with E-state index in [1.165, 1.54) is 6.42 Å². The molecular formula is C14H19BrN2O. The molecule has 0 spiro atoms. The van der Waals surface area contributed by atoms with Gasteiger partial charge in [-0.1, -0.05) is 15.9 Å². The Morgan fingerprint density at radius 3 is 2.50 bits per heavy atom. The molecule has 2 rings (SSSR count). The Bertz CT molecular complexity index is 451. The average Bonchev–Trinajstić information content (AvgIpc) is 2.28. The van der Waals surface area contributed by atoms with E-state index in [1.807, 2.05) is 11.0 Å². The van der Waals surface area contributed by atoms with E-state index in [-0.39, 0.29) is 5.91 Å². The second kappa shape index (κ2) is 5.31. The molecule has 0 saturated carbocycles. The Balaban J connectivity index is 2.29. The number of nitrogens with zero attached hydrogens (tertiary/aromatic N) is 1. The third kappa shape index (κ3) is 2.53. The molecule has 0 aliphatic carbocycles. The van der Waals surface area contributed by atoms with Gasteiger partial charge in [0.05, 0.1) is 5.56 Å². The summed E-state index contributed by atoms with van der Waals surface area (Å²) < 4.78 is 0.899. The minimum Gasteiger partial charge on any atom is -0.398 e. The zero-order chi connectivity index (χ0) is 13.3. The molecule has 2 atom stereocenters. The quantitative estimate of drug-likeness (QED) is 0.808. The van der Waals surface area contributed by atoms with Crippen LogP contribution in [0.2, 0.25) is 0 Å². The Morgan fingerprint density at radius 1 is 1.33 bits per heavy atom. The van der Waals surface area contributed by atoms with E-state index in [0.717, 1.165) is 17.3 Å². The van der Waals surface area contributed by atoms with Gasteiger partial charge >= 0.3 is 0 Å². The first-order chi connectivity index (χ1) is 8.50. The Labute approximate surface area is 116 Å². The summed E-state index contributed by atoms with van der Waals surface area (Å²) in [6.07, 6.45) is 3.35. The van der Waals surface area contributed by atoms with Gasteiger partial charge in [-0.2, -0.15) is 0 Å². The number of piperidine rings is 1. The van der Waals surface area contributed by atoms with Crippen molar-refractivity contribution in [3.05, 3.63) is 28.2 Å². The lowest BCUT2D eigenvalue weighted by Gasteiger charge is -2.39. The lowest BCUT2D eigenvalue weighted by atomic mass is 9.96. The SMILES string of the molecule is CC1CCCC(C)N1C(=O)c1ccc(Br)cc1N. The molecule has 3 nitrogen and oxygen atoms in total. The Kier molecular flexibility index (Phi) is 3.95. The maximum Gasteiger partial charge on any atom is 0.256 e. The van der Waals surface area contributed by atoms with Gasteiger partial charge in [-0.15, -0.1) is 0 Å². The van der Waals surface area contributed by atoms with Crippen LogP contribution in [0.15, 0.2) is 22.7 Å². The van der Waals surface area contributed by atoms with Gasteiger partial charge in [0, 0.05) is 22.2 Å². The molecule has 1 saturated heterocycles. The van der Waals surface area contributed by atoms with Crippen molar-refractivity contribution in [2.24, 2.45) is 0 Å². The predicted molar refractivity (Wildman–Crippen MR) is 77.5 cm³/mol. The monoisotopic (exact) mass is 310 g/mol. The smallest absolute Gasteiger partial charge is 0.256 e. The first-order valence-corrected chi connectivity index (χ1v) is 7.17. The summed E-state index contributed by atoms with van der Waals surface area (Å²) in [5.41, 5.74) is 7.09. The van der Waals surface area contributed by atoms with Crippen LogP contribution in [0.4, 0.5) is 5.69 Å². The third-order valence-electron chi connectivity index (χ3n) is 3.67. The van der Waals surface area contributed by atoms with E-state index in [2.05, 4.69) is 29.8 Å². The van der Waals surface area contributed by atoms with Crippen molar-refractivity contribution in [2.75, 3.05) is 5.73 Å². The summed E-state index contributed by atoms with van der Waals surface area (Å²) in [5, 5.41) is 0. The lowest BCUT2D eigenvalue weighted by Crippen LogP contribution is -2.47. The molecule has 1 aliphatic heterocycles. The summed E-state index contributed by atoms with van der Waals surface area (Å²) in [6.45, 7) is 4.23. The number of carbonyl (C=O) groups is 1. The van der Waals surface area contributed by atoms with Crippen LogP contribution >= 0.6 is 15.9 Å². The first-order valence-electron chi connectivity index (χ1n) is 6.38. The highest BCUT2D eigenvalue weighted by Gasteiger charge is 2.30. The van der Waals surface area contributed by atoms with E-state index in [1.54, 1.807) is 12.1 Å². The number of hydrogen-bond donors (Lipinski definition) is 1. The van der Waals surface area contributed by atoms with E-state index in [9.17, 15) is 4.79 Å². The molecule has 1 aromatic rings. The fraction of sp³-hybridized carbons (Fsp3) is 0.500. The van der Waals surface area contributed by atoms with Crippen LogP contribution < -0.4 is 5.73 Å². The van der Waals surface area contributed by atoms with Gasteiger partial charge < -0.3 is 10.6 Å². The number of halogens is 1. The standard InChI is InChI=1S/C14H19BrN2O/c1-9-4-3-5-10(2)17(9)14(18)12-7-6-11(15)8-13(12)16/h6-10H,3-5,16H2,1-2H3. The van der Waals surface area contributed by atoms with Crippen molar-refractivity contribution in [2.45, 2.75) is 45.2 Å². The van der Waals surface area contributed by atoms with Crippen molar-refractivity contribution >= 4 is 27.5 Å². The maximum atomic E-state index is 12.6. The highest BCUT2D eigenvalue weighted by Crippen LogP contribution is 2.27. The second-order valence-electron chi connectivity index (χ2n) is 5.07.